The molecule has 17 heavy (non-hydrogen) atoms. The summed E-state index contributed by atoms with van der Waals surface area (Å²) >= 11 is 5.78. The molecule has 86 valence electrons. The fourth-order valence-electron chi connectivity index (χ4n) is 1.29. The lowest BCUT2D eigenvalue weighted by Gasteiger charge is -2.03. The number of nitriles is 1. The lowest BCUT2D eigenvalue weighted by atomic mass is 10.3. The van der Waals surface area contributed by atoms with Gasteiger partial charge in [0.2, 0.25) is 0 Å². The summed E-state index contributed by atoms with van der Waals surface area (Å²) < 4.78 is 1.61. The molecule has 0 fully saturated rings. The van der Waals surface area contributed by atoms with E-state index in [9.17, 15) is 0 Å². The normalized spacial score (nSPS) is 9.94. The van der Waals surface area contributed by atoms with Crippen LogP contribution in [0, 0.1) is 11.3 Å². The van der Waals surface area contributed by atoms with Crippen LogP contribution >= 0.6 is 11.6 Å². The molecule has 0 saturated carbocycles. The van der Waals surface area contributed by atoms with Crippen LogP contribution in [0.3, 0.4) is 0 Å². The smallest absolute Gasteiger partial charge is 0.169 e. The number of nitrogens with zero attached hydrogens (tertiary/aromatic N) is 5. The molecule has 0 saturated heterocycles. The molecule has 0 spiro atoms. The zero-order valence-corrected chi connectivity index (χ0v) is 9.81. The Bertz CT molecular complexity index is 570. The van der Waals surface area contributed by atoms with Gasteiger partial charge >= 0.3 is 0 Å². The maximum Gasteiger partial charge on any atom is 0.169 e. The fraction of sp³-hybridized carbons (Fsp3) is 0.200. The molecule has 2 aromatic rings. The first-order valence-electron chi connectivity index (χ1n) is 4.83. The summed E-state index contributed by atoms with van der Waals surface area (Å²) in [7, 11) is 1.79. The van der Waals surface area contributed by atoms with Crippen LogP contribution in [0.2, 0.25) is 5.15 Å². The van der Waals surface area contributed by atoms with Crippen molar-refractivity contribution >= 4 is 17.4 Å². The maximum atomic E-state index is 8.78. The SMILES string of the molecule is Cn1cnc(CNc2cc(C#N)cc(Cl)n2)n1. The van der Waals surface area contributed by atoms with Gasteiger partial charge in [0.05, 0.1) is 18.2 Å². The van der Waals surface area contributed by atoms with Crippen molar-refractivity contribution in [1.82, 2.24) is 19.7 Å². The van der Waals surface area contributed by atoms with Crippen molar-refractivity contribution in [3.63, 3.8) is 0 Å². The largest absolute Gasteiger partial charge is 0.363 e. The Labute approximate surface area is 103 Å². The number of hydrogen-bond donors (Lipinski definition) is 1. The highest BCUT2D eigenvalue weighted by atomic mass is 35.5. The van der Waals surface area contributed by atoms with E-state index in [0.717, 1.165) is 0 Å². The fourth-order valence-corrected chi connectivity index (χ4v) is 1.50. The molecule has 0 aliphatic carbocycles. The number of halogens is 1. The summed E-state index contributed by atoms with van der Waals surface area (Å²) in [6, 6.07) is 5.14. The summed E-state index contributed by atoms with van der Waals surface area (Å²) in [6.07, 6.45) is 1.61. The molecule has 0 atom stereocenters. The van der Waals surface area contributed by atoms with E-state index >= 15 is 0 Å². The molecule has 0 unspecified atom stereocenters. The molecule has 0 aliphatic rings. The summed E-state index contributed by atoms with van der Waals surface area (Å²) in [6.45, 7) is 0.430. The molecule has 7 heteroatoms. The molecule has 1 N–H and O–H groups in total. The third kappa shape index (κ3) is 2.92. The minimum atomic E-state index is 0.278. The zero-order valence-electron chi connectivity index (χ0n) is 9.05. The molecule has 0 radical (unpaired) electrons. The van der Waals surface area contributed by atoms with Crippen molar-refractivity contribution in [2.75, 3.05) is 5.32 Å². The van der Waals surface area contributed by atoms with Crippen LogP contribution in [0.1, 0.15) is 11.4 Å². The van der Waals surface area contributed by atoms with Gasteiger partial charge < -0.3 is 5.32 Å². The van der Waals surface area contributed by atoms with Crippen molar-refractivity contribution in [2.24, 2.45) is 7.05 Å². The van der Waals surface area contributed by atoms with Crippen LogP contribution < -0.4 is 5.32 Å². The topological polar surface area (TPSA) is 79.4 Å². The third-order valence-electron chi connectivity index (χ3n) is 2.00. The zero-order chi connectivity index (χ0) is 12.3. The minimum absolute atomic E-state index is 0.278. The van der Waals surface area contributed by atoms with Gasteiger partial charge in [-0.15, -0.1) is 0 Å². The summed E-state index contributed by atoms with van der Waals surface area (Å²) in [4.78, 5) is 8.10. The average Bonchev–Trinajstić information content (AvgIpc) is 2.72. The van der Waals surface area contributed by atoms with Gasteiger partial charge in [0.1, 0.15) is 17.3 Å². The number of pyridine rings is 1. The molecule has 0 aromatic carbocycles. The third-order valence-corrected chi connectivity index (χ3v) is 2.19. The molecule has 0 amide bonds. The Hall–Kier alpha value is -2.13. The van der Waals surface area contributed by atoms with Gasteiger partial charge in [0.15, 0.2) is 5.82 Å². The molecule has 2 rings (SSSR count). The van der Waals surface area contributed by atoms with Gasteiger partial charge in [-0.05, 0) is 12.1 Å². The lowest BCUT2D eigenvalue weighted by Crippen LogP contribution is -2.04. The second-order valence-electron chi connectivity index (χ2n) is 3.36. The van der Waals surface area contributed by atoms with Crippen molar-refractivity contribution in [3.05, 3.63) is 35.0 Å². The van der Waals surface area contributed by atoms with E-state index < -0.39 is 0 Å². The van der Waals surface area contributed by atoms with Gasteiger partial charge in [0.25, 0.3) is 0 Å². The van der Waals surface area contributed by atoms with Crippen molar-refractivity contribution in [1.29, 1.82) is 5.26 Å². The Morgan fingerprint density at radius 1 is 1.53 bits per heavy atom. The number of nitrogens with one attached hydrogen (secondary N) is 1. The Morgan fingerprint density at radius 3 is 3.00 bits per heavy atom. The standard InChI is InChI=1S/C10H9ClN6/c1-17-6-14-10(16-17)5-13-9-3-7(4-12)2-8(11)15-9/h2-3,6H,5H2,1H3,(H,13,15). The predicted molar refractivity (Wildman–Crippen MR) is 62.3 cm³/mol. The van der Waals surface area contributed by atoms with Crippen LogP contribution in [0.5, 0.6) is 0 Å². The number of rotatable bonds is 3. The van der Waals surface area contributed by atoms with Gasteiger partial charge in [-0.3, -0.25) is 4.68 Å². The van der Waals surface area contributed by atoms with E-state index in [4.69, 9.17) is 16.9 Å². The van der Waals surface area contributed by atoms with Gasteiger partial charge in [-0.25, -0.2) is 9.97 Å². The monoisotopic (exact) mass is 248 g/mol. The quantitative estimate of drug-likeness (QED) is 0.830. The second-order valence-corrected chi connectivity index (χ2v) is 3.75. The van der Waals surface area contributed by atoms with E-state index in [1.807, 2.05) is 6.07 Å². The number of aromatic nitrogens is 4. The number of anilines is 1. The van der Waals surface area contributed by atoms with Crippen LogP contribution in [0.15, 0.2) is 18.5 Å². The predicted octanol–water partition coefficient (Wildman–Crippen LogP) is 1.35. The van der Waals surface area contributed by atoms with E-state index in [1.165, 1.54) is 6.07 Å². The van der Waals surface area contributed by atoms with Crippen LogP contribution in [0.4, 0.5) is 5.82 Å². The van der Waals surface area contributed by atoms with E-state index in [2.05, 4.69) is 20.4 Å². The van der Waals surface area contributed by atoms with Gasteiger partial charge in [-0.1, -0.05) is 11.6 Å². The maximum absolute atomic E-state index is 8.78. The molecule has 2 heterocycles. The summed E-state index contributed by atoms with van der Waals surface area (Å²) in [5, 5.41) is 16.2. The lowest BCUT2D eigenvalue weighted by molar-refractivity contribution is 0.747. The Kier molecular flexibility index (Phi) is 3.21. The number of aryl methyl sites for hydroxylation is 1. The molecule has 6 nitrogen and oxygen atoms in total. The highest BCUT2D eigenvalue weighted by molar-refractivity contribution is 6.29. The van der Waals surface area contributed by atoms with Crippen molar-refractivity contribution in [2.45, 2.75) is 6.54 Å². The minimum Gasteiger partial charge on any atom is -0.363 e. The van der Waals surface area contributed by atoms with Crippen LogP contribution in [-0.4, -0.2) is 19.7 Å². The highest BCUT2D eigenvalue weighted by Gasteiger charge is 2.02. The van der Waals surface area contributed by atoms with E-state index in [0.29, 0.717) is 23.8 Å². The molecular weight excluding hydrogens is 240 g/mol. The average molecular weight is 249 g/mol. The Balaban J connectivity index is 2.09. The first kappa shape index (κ1) is 11.4. The molecule has 0 aliphatic heterocycles. The van der Waals surface area contributed by atoms with E-state index in [-0.39, 0.29) is 5.15 Å². The second kappa shape index (κ2) is 4.80. The first-order valence-corrected chi connectivity index (χ1v) is 5.21. The van der Waals surface area contributed by atoms with Gasteiger partial charge in [-0.2, -0.15) is 10.4 Å². The van der Waals surface area contributed by atoms with Crippen molar-refractivity contribution in [3.8, 4) is 6.07 Å². The van der Waals surface area contributed by atoms with Crippen molar-refractivity contribution < 1.29 is 0 Å². The number of hydrogen-bond acceptors (Lipinski definition) is 5. The molecular formula is C10H9ClN6. The Morgan fingerprint density at radius 2 is 2.35 bits per heavy atom. The van der Waals surface area contributed by atoms with Crippen LogP contribution in [-0.2, 0) is 13.6 Å². The summed E-state index contributed by atoms with van der Waals surface area (Å²) in [5.74, 6) is 1.18. The summed E-state index contributed by atoms with van der Waals surface area (Å²) in [5.41, 5.74) is 0.460. The highest BCUT2D eigenvalue weighted by Crippen LogP contribution is 2.14. The first-order chi connectivity index (χ1) is 8.17. The van der Waals surface area contributed by atoms with Crippen LogP contribution in [0.25, 0.3) is 0 Å². The molecule has 0 bridgehead atoms. The molecule has 2 aromatic heterocycles. The van der Waals surface area contributed by atoms with Gasteiger partial charge in [0, 0.05) is 7.05 Å². The van der Waals surface area contributed by atoms with E-state index in [1.54, 1.807) is 24.1 Å².